The maximum Gasteiger partial charge on any atom is 0.331 e. The van der Waals surface area contributed by atoms with E-state index in [1.165, 1.54) is 10.6 Å². The van der Waals surface area contributed by atoms with Crippen molar-refractivity contribution in [2.45, 2.75) is 25.5 Å². The van der Waals surface area contributed by atoms with Gasteiger partial charge in [0.25, 0.3) is 0 Å². The molecule has 5 rings (SSSR count). The van der Waals surface area contributed by atoms with E-state index in [0.29, 0.717) is 19.4 Å². The first kappa shape index (κ1) is 24.6. The van der Waals surface area contributed by atoms with Gasteiger partial charge in [0.05, 0.1) is 6.54 Å². The highest BCUT2D eigenvalue weighted by Crippen LogP contribution is 2.37. The lowest BCUT2D eigenvalue weighted by molar-refractivity contribution is -0.144. The number of fused-ring (bicyclic) bond motifs is 1. The van der Waals surface area contributed by atoms with Crippen LogP contribution in [0.25, 0.3) is 6.08 Å². The fraction of sp³-hybridized carbons (Fsp3) is 0.310. The number of hydrogen-bond donors (Lipinski definition) is 2. The van der Waals surface area contributed by atoms with E-state index in [1.807, 2.05) is 60.7 Å². The summed E-state index contributed by atoms with van der Waals surface area (Å²) in [7, 11) is 0. The number of ether oxygens (including phenoxy) is 1. The van der Waals surface area contributed by atoms with Crippen LogP contribution in [-0.4, -0.2) is 69.5 Å². The molecule has 2 N–H and O–H groups in total. The lowest BCUT2D eigenvalue weighted by Crippen LogP contribution is -2.49. The van der Waals surface area contributed by atoms with Crippen LogP contribution in [0.3, 0.4) is 0 Å². The van der Waals surface area contributed by atoms with Gasteiger partial charge >= 0.3 is 5.97 Å². The number of piperazine rings is 1. The van der Waals surface area contributed by atoms with Crippen molar-refractivity contribution in [3.05, 3.63) is 89.6 Å². The Morgan fingerprint density at radius 2 is 1.59 bits per heavy atom. The number of esters is 1. The monoisotopic (exact) mass is 500 g/mol. The first-order chi connectivity index (χ1) is 18.1. The summed E-state index contributed by atoms with van der Waals surface area (Å²) in [6.45, 7) is 3.84. The number of hydrogen-bond acceptors (Lipinski definition) is 7. The molecule has 1 saturated heterocycles. The first-order valence-corrected chi connectivity index (χ1v) is 12.7. The predicted octanol–water partition coefficient (Wildman–Crippen LogP) is 3.40. The number of nitrogens with zero attached hydrogens (tertiary/aromatic N) is 4. The number of aromatic nitrogens is 2. The van der Waals surface area contributed by atoms with Crippen LogP contribution in [0, 0.1) is 0 Å². The van der Waals surface area contributed by atoms with Crippen molar-refractivity contribution in [1.82, 2.24) is 14.5 Å². The minimum Gasteiger partial charge on any atom is -0.494 e. The van der Waals surface area contributed by atoms with E-state index in [2.05, 4.69) is 14.8 Å². The molecule has 2 aliphatic rings. The van der Waals surface area contributed by atoms with Crippen LogP contribution in [-0.2, 0) is 28.9 Å². The van der Waals surface area contributed by atoms with Gasteiger partial charge in [-0.15, -0.1) is 0 Å². The molecule has 0 spiro atoms. The van der Waals surface area contributed by atoms with Crippen molar-refractivity contribution in [3.8, 4) is 11.8 Å². The molecule has 1 aliphatic heterocycles. The summed E-state index contributed by atoms with van der Waals surface area (Å²) in [6.07, 6.45) is 9.49. The highest BCUT2D eigenvalue weighted by atomic mass is 16.5. The molecule has 0 amide bonds. The summed E-state index contributed by atoms with van der Waals surface area (Å²) in [4.78, 5) is 21.7. The Morgan fingerprint density at radius 1 is 0.919 bits per heavy atom. The SMILES string of the molecule is O=C(C=Cc1ccccc1)OC(CN1CCN(c2ccccn2)CC1)Cn1c(O)c2c(c1O)CC=CC2. The normalized spacial score (nSPS) is 16.6. The third-order valence-electron chi connectivity index (χ3n) is 6.91. The van der Waals surface area contributed by atoms with E-state index in [-0.39, 0.29) is 18.3 Å². The van der Waals surface area contributed by atoms with Crippen LogP contribution in [0.4, 0.5) is 5.82 Å². The van der Waals surface area contributed by atoms with Gasteiger partial charge < -0.3 is 19.8 Å². The van der Waals surface area contributed by atoms with Gasteiger partial charge in [-0.2, -0.15) is 0 Å². The maximum absolute atomic E-state index is 12.8. The van der Waals surface area contributed by atoms with Gasteiger partial charge in [0, 0.05) is 56.1 Å². The van der Waals surface area contributed by atoms with Crippen LogP contribution in [0.1, 0.15) is 16.7 Å². The number of pyridine rings is 1. The van der Waals surface area contributed by atoms with Crippen molar-refractivity contribution >= 4 is 17.9 Å². The zero-order chi connectivity index (χ0) is 25.6. The fourth-order valence-electron chi connectivity index (χ4n) is 4.96. The summed E-state index contributed by atoms with van der Waals surface area (Å²) < 4.78 is 7.35. The minimum atomic E-state index is -0.562. The number of allylic oxidation sites excluding steroid dienone is 2. The van der Waals surface area contributed by atoms with Crippen LogP contribution in [0.5, 0.6) is 11.8 Å². The Kier molecular flexibility index (Phi) is 7.56. The second-order valence-electron chi connectivity index (χ2n) is 9.37. The molecule has 1 aliphatic carbocycles. The number of benzene rings is 1. The van der Waals surface area contributed by atoms with Crippen molar-refractivity contribution in [2.75, 3.05) is 37.6 Å². The van der Waals surface area contributed by atoms with Crippen LogP contribution in [0.15, 0.2) is 73.0 Å². The highest BCUT2D eigenvalue weighted by molar-refractivity contribution is 5.87. The topological polar surface area (TPSA) is 91.1 Å². The van der Waals surface area contributed by atoms with Crippen molar-refractivity contribution in [3.63, 3.8) is 0 Å². The van der Waals surface area contributed by atoms with E-state index in [4.69, 9.17) is 4.74 Å². The molecule has 8 nitrogen and oxygen atoms in total. The Labute approximate surface area is 216 Å². The number of carbonyl (C=O) groups is 1. The molecule has 1 aromatic carbocycles. The van der Waals surface area contributed by atoms with Gasteiger partial charge in [-0.25, -0.2) is 9.78 Å². The maximum atomic E-state index is 12.8. The Hall–Kier alpha value is -4.04. The molecule has 1 atom stereocenters. The van der Waals surface area contributed by atoms with Gasteiger partial charge in [-0.05, 0) is 36.6 Å². The molecule has 0 radical (unpaired) electrons. The van der Waals surface area contributed by atoms with E-state index in [1.54, 1.807) is 12.3 Å². The molecule has 8 heteroatoms. The van der Waals surface area contributed by atoms with E-state index in [9.17, 15) is 15.0 Å². The Bertz CT molecular complexity index is 1230. The fourth-order valence-corrected chi connectivity index (χ4v) is 4.96. The number of anilines is 1. The summed E-state index contributed by atoms with van der Waals surface area (Å²) in [6, 6.07) is 15.5. The van der Waals surface area contributed by atoms with Gasteiger partial charge in [0.1, 0.15) is 11.9 Å². The van der Waals surface area contributed by atoms with Crippen LogP contribution < -0.4 is 4.90 Å². The van der Waals surface area contributed by atoms with E-state index in [0.717, 1.165) is 48.7 Å². The lowest BCUT2D eigenvalue weighted by atomic mass is 10.0. The summed E-state index contributed by atoms with van der Waals surface area (Å²) in [5.41, 5.74) is 2.37. The minimum absolute atomic E-state index is 0.0395. The summed E-state index contributed by atoms with van der Waals surface area (Å²) >= 11 is 0. The standard InChI is InChI=1S/C29H32N4O4/c34-27(14-13-22-8-2-1-3-9-22)37-23(21-33-28(35)24-10-4-5-11-25(24)29(33)36)20-31-16-18-32(19-17-31)26-12-6-7-15-30-26/h1-9,12-15,23,35-36H,10-11,16-21H2. The van der Waals surface area contributed by atoms with Crippen molar-refractivity contribution in [2.24, 2.45) is 0 Å². The van der Waals surface area contributed by atoms with E-state index >= 15 is 0 Å². The van der Waals surface area contributed by atoms with Gasteiger partial charge in [0.15, 0.2) is 11.8 Å². The molecular formula is C29H32N4O4. The van der Waals surface area contributed by atoms with Gasteiger partial charge in [0.2, 0.25) is 0 Å². The van der Waals surface area contributed by atoms with Crippen molar-refractivity contribution in [1.29, 1.82) is 0 Å². The molecule has 3 heterocycles. The molecule has 0 saturated carbocycles. The zero-order valence-electron chi connectivity index (χ0n) is 20.7. The lowest BCUT2D eigenvalue weighted by Gasteiger charge is -2.36. The molecule has 2 aromatic heterocycles. The van der Waals surface area contributed by atoms with E-state index < -0.39 is 12.1 Å². The molecule has 192 valence electrons. The molecule has 1 unspecified atom stereocenters. The predicted molar refractivity (Wildman–Crippen MR) is 143 cm³/mol. The molecule has 3 aromatic rings. The Morgan fingerprint density at radius 3 is 2.24 bits per heavy atom. The number of aromatic hydroxyl groups is 2. The summed E-state index contributed by atoms with van der Waals surface area (Å²) in [5, 5.41) is 21.7. The average molecular weight is 501 g/mol. The Balaban J connectivity index is 1.29. The first-order valence-electron chi connectivity index (χ1n) is 12.7. The molecule has 0 bridgehead atoms. The van der Waals surface area contributed by atoms with Gasteiger partial charge in [-0.1, -0.05) is 48.6 Å². The van der Waals surface area contributed by atoms with Crippen LogP contribution in [0.2, 0.25) is 0 Å². The summed E-state index contributed by atoms with van der Waals surface area (Å²) in [5.74, 6) is 0.575. The quantitative estimate of drug-likeness (QED) is 0.278. The van der Waals surface area contributed by atoms with Crippen molar-refractivity contribution < 1.29 is 19.7 Å². The second-order valence-corrected chi connectivity index (χ2v) is 9.37. The third kappa shape index (κ3) is 5.86. The molecule has 1 fully saturated rings. The number of rotatable bonds is 8. The molecule has 37 heavy (non-hydrogen) atoms. The van der Waals surface area contributed by atoms with Crippen LogP contribution >= 0.6 is 0 Å². The highest BCUT2D eigenvalue weighted by Gasteiger charge is 2.28. The average Bonchev–Trinajstić information content (AvgIpc) is 3.18. The second kappa shape index (κ2) is 11.3. The largest absolute Gasteiger partial charge is 0.494 e. The molecular weight excluding hydrogens is 468 g/mol. The number of carbonyl (C=O) groups excluding carboxylic acids is 1. The smallest absolute Gasteiger partial charge is 0.331 e. The third-order valence-corrected chi connectivity index (χ3v) is 6.91. The zero-order valence-corrected chi connectivity index (χ0v) is 20.7. The van der Waals surface area contributed by atoms with Gasteiger partial charge in [-0.3, -0.25) is 9.47 Å².